The predicted molar refractivity (Wildman–Crippen MR) is 64.1 cm³/mol. The van der Waals surface area contributed by atoms with Crippen LogP contribution in [0.1, 0.15) is 0 Å². The van der Waals surface area contributed by atoms with Crippen LogP contribution in [0, 0.1) is 6.07 Å². The Bertz CT molecular complexity index is 866. The molecule has 1 radical (unpaired) electrons. The van der Waals surface area contributed by atoms with Crippen LogP contribution >= 0.6 is 0 Å². The van der Waals surface area contributed by atoms with Gasteiger partial charge in [-0.25, -0.2) is 0 Å². The van der Waals surface area contributed by atoms with Crippen molar-refractivity contribution in [2.75, 3.05) is 0 Å². The summed E-state index contributed by atoms with van der Waals surface area (Å²) in [6.07, 6.45) is 0. The lowest BCUT2D eigenvalue weighted by molar-refractivity contribution is 0.475. The molecule has 7 nitrogen and oxygen atoms in total. The number of fused-ring (bicyclic) bond motifs is 1. The van der Waals surface area contributed by atoms with E-state index in [9.17, 15) is 21.9 Å². The average molecular weight is 303 g/mol. The number of hydrogen-bond donors (Lipinski definition) is 3. The molecule has 0 spiro atoms. The van der Waals surface area contributed by atoms with Gasteiger partial charge in [0.15, 0.2) is 0 Å². The zero-order valence-electron chi connectivity index (χ0n) is 9.10. The molecule has 0 aliphatic carbocycles. The number of aromatic hydroxyl groups is 1. The lowest BCUT2D eigenvalue weighted by Gasteiger charge is -2.06. The fraction of sp³-hybridized carbons (Fsp3) is 0. The van der Waals surface area contributed by atoms with Crippen LogP contribution in [0.25, 0.3) is 10.8 Å². The molecule has 0 aromatic heterocycles. The molecule has 0 aliphatic heterocycles. The summed E-state index contributed by atoms with van der Waals surface area (Å²) in [4.78, 5) is -1.46. The molecule has 0 amide bonds. The summed E-state index contributed by atoms with van der Waals surface area (Å²) in [6.45, 7) is 0. The summed E-state index contributed by atoms with van der Waals surface area (Å²) in [5.74, 6) is -0.378. The van der Waals surface area contributed by atoms with E-state index in [-0.39, 0.29) is 16.5 Å². The van der Waals surface area contributed by atoms with Gasteiger partial charge in [0, 0.05) is 11.5 Å². The first-order valence-corrected chi connectivity index (χ1v) is 7.61. The van der Waals surface area contributed by atoms with Crippen molar-refractivity contribution in [3.63, 3.8) is 0 Å². The Morgan fingerprint density at radius 1 is 0.947 bits per heavy atom. The summed E-state index contributed by atoms with van der Waals surface area (Å²) in [5, 5.41) is 9.13. The molecule has 0 heterocycles. The fourth-order valence-electron chi connectivity index (χ4n) is 1.57. The molecule has 9 heteroatoms. The second-order valence-corrected chi connectivity index (χ2v) is 6.49. The minimum Gasteiger partial charge on any atom is -0.507 e. The van der Waals surface area contributed by atoms with Crippen molar-refractivity contribution >= 4 is 31.0 Å². The van der Waals surface area contributed by atoms with Crippen molar-refractivity contribution in [3.05, 3.63) is 30.3 Å². The van der Waals surface area contributed by atoms with Crippen LogP contribution in [0.15, 0.2) is 34.1 Å². The Kier molecular flexibility index (Phi) is 3.01. The molecule has 0 fully saturated rings. The van der Waals surface area contributed by atoms with Crippen molar-refractivity contribution in [3.8, 4) is 5.75 Å². The van der Waals surface area contributed by atoms with Gasteiger partial charge in [-0.2, -0.15) is 16.8 Å². The van der Waals surface area contributed by atoms with E-state index >= 15 is 0 Å². The largest absolute Gasteiger partial charge is 0.507 e. The van der Waals surface area contributed by atoms with E-state index in [0.717, 1.165) is 12.1 Å². The summed E-state index contributed by atoms with van der Waals surface area (Å²) in [5.41, 5.74) is 0. The normalized spacial score (nSPS) is 12.7. The first-order valence-electron chi connectivity index (χ1n) is 4.73. The average Bonchev–Trinajstić information content (AvgIpc) is 2.24. The molecule has 0 saturated heterocycles. The van der Waals surface area contributed by atoms with Crippen LogP contribution in [0.3, 0.4) is 0 Å². The van der Waals surface area contributed by atoms with Gasteiger partial charge in [0.1, 0.15) is 10.6 Å². The maximum atomic E-state index is 11.2. The maximum absolute atomic E-state index is 11.2. The Hall–Kier alpha value is -1.68. The Morgan fingerprint density at radius 2 is 1.58 bits per heavy atom. The van der Waals surface area contributed by atoms with Crippen molar-refractivity contribution < 1.29 is 31.0 Å². The van der Waals surface area contributed by atoms with Crippen molar-refractivity contribution in [2.24, 2.45) is 0 Å². The highest BCUT2D eigenvalue weighted by atomic mass is 32.2. The highest BCUT2D eigenvalue weighted by Crippen LogP contribution is 2.29. The quantitative estimate of drug-likeness (QED) is 0.701. The molecule has 0 aliphatic rings. The molecule has 3 N–H and O–H groups in total. The van der Waals surface area contributed by atoms with E-state index in [1.165, 1.54) is 6.07 Å². The molecule has 19 heavy (non-hydrogen) atoms. The van der Waals surface area contributed by atoms with E-state index in [1.54, 1.807) is 0 Å². The third-order valence-corrected chi connectivity index (χ3v) is 4.06. The Balaban J connectivity index is 3.01. The number of hydrogen-bond acceptors (Lipinski definition) is 5. The second kappa shape index (κ2) is 4.17. The maximum Gasteiger partial charge on any atom is 0.295 e. The number of rotatable bonds is 2. The predicted octanol–water partition coefficient (Wildman–Crippen LogP) is 0.839. The van der Waals surface area contributed by atoms with Gasteiger partial charge in [0.05, 0.1) is 4.90 Å². The number of phenols is 1. The fourth-order valence-corrected chi connectivity index (χ4v) is 2.89. The smallest absolute Gasteiger partial charge is 0.295 e. The summed E-state index contributed by atoms with van der Waals surface area (Å²) < 4.78 is 62.5. The highest BCUT2D eigenvalue weighted by Gasteiger charge is 2.20. The lowest BCUT2D eigenvalue weighted by Crippen LogP contribution is -2.04. The van der Waals surface area contributed by atoms with Crippen LogP contribution in [-0.4, -0.2) is 31.0 Å². The summed E-state index contributed by atoms with van der Waals surface area (Å²) in [6, 6.07) is 6.25. The zero-order valence-corrected chi connectivity index (χ0v) is 10.7. The molecule has 0 bridgehead atoms. The van der Waals surface area contributed by atoms with Gasteiger partial charge < -0.3 is 5.11 Å². The lowest BCUT2D eigenvalue weighted by atomic mass is 10.1. The topological polar surface area (TPSA) is 129 Å². The van der Waals surface area contributed by atoms with Crippen molar-refractivity contribution in [2.45, 2.75) is 9.79 Å². The summed E-state index contributed by atoms with van der Waals surface area (Å²) >= 11 is 0. The SMILES string of the molecule is O=S(=O)(O)c1cc(S(=O)(=O)O)c2[c]c(O)ccc2c1. The van der Waals surface area contributed by atoms with Crippen LogP contribution in [-0.2, 0) is 20.2 Å². The molecular formula is C10H7O7S2. The third-order valence-electron chi connectivity index (χ3n) is 2.36. The first kappa shape index (κ1) is 13.7. The van der Waals surface area contributed by atoms with Crippen LogP contribution in [0.4, 0.5) is 0 Å². The number of phenolic OH excluding ortho intramolecular Hbond substituents is 1. The molecule has 0 saturated carbocycles. The van der Waals surface area contributed by atoms with Crippen LogP contribution in [0.5, 0.6) is 5.75 Å². The van der Waals surface area contributed by atoms with Crippen molar-refractivity contribution in [1.82, 2.24) is 0 Å². The van der Waals surface area contributed by atoms with Gasteiger partial charge in [-0.1, -0.05) is 6.07 Å². The van der Waals surface area contributed by atoms with Gasteiger partial charge in [-0.3, -0.25) is 9.11 Å². The molecule has 0 atom stereocenters. The second-order valence-electron chi connectivity index (χ2n) is 3.68. The number of benzene rings is 2. The van der Waals surface area contributed by atoms with E-state index in [1.807, 2.05) is 0 Å². The minimum absolute atomic E-state index is 0.0700. The van der Waals surface area contributed by atoms with Crippen molar-refractivity contribution in [1.29, 1.82) is 0 Å². The van der Waals surface area contributed by atoms with E-state index in [4.69, 9.17) is 9.11 Å². The van der Waals surface area contributed by atoms with E-state index in [2.05, 4.69) is 6.07 Å². The molecule has 2 rings (SSSR count). The van der Waals surface area contributed by atoms with Gasteiger partial charge in [-0.05, 0) is 23.6 Å². The molecular weight excluding hydrogens is 296 g/mol. The third kappa shape index (κ3) is 2.68. The van der Waals surface area contributed by atoms with E-state index in [0.29, 0.717) is 6.07 Å². The Morgan fingerprint density at radius 3 is 2.11 bits per heavy atom. The van der Waals surface area contributed by atoms with Gasteiger partial charge in [0.25, 0.3) is 20.2 Å². The first-order chi connectivity index (χ1) is 8.59. The monoisotopic (exact) mass is 303 g/mol. The standard InChI is InChI=1S/C10H7O7S2/c11-7-2-1-6-3-8(18(12,13)14)5-10(9(6)4-7)19(15,16)17/h1-3,5,11H,(H,12,13,14)(H,15,16,17). The van der Waals surface area contributed by atoms with Gasteiger partial charge in [0.2, 0.25) is 0 Å². The van der Waals surface area contributed by atoms with Gasteiger partial charge >= 0.3 is 0 Å². The molecule has 0 unspecified atom stereocenters. The van der Waals surface area contributed by atoms with Crippen LogP contribution in [0.2, 0.25) is 0 Å². The minimum atomic E-state index is -4.75. The highest BCUT2D eigenvalue weighted by molar-refractivity contribution is 7.86. The molecule has 2 aromatic rings. The zero-order chi connectivity index (χ0) is 14.4. The Labute approximate surface area is 108 Å². The summed E-state index contributed by atoms with van der Waals surface area (Å²) in [7, 11) is -9.39. The van der Waals surface area contributed by atoms with E-state index < -0.39 is 30.0 Å². The molecule has 101 valence electrons. The van der Waals surface area contributed by atoms with Crippen LogP contribution < -0.4 is 0 Å². The van der Waals surface area contributed by atoms with Gasteiger partial charge in [-0.15, -0.1) is 0 Å². The molecule has 2 aromatic carbocycles.